The first-order chi connectivity index (χ1) is 9.26. The molecule has 114 valence electrons. The summed E-state index contributed by atoms with van der Waals surface area (Å²) in [4.78, 5) is 0. The minimum absolute atomic E-state index is 0.290. The topological polar surface area (TPSA) is 49.4 Å². The third-order valence-corrected chi connectivity index (χ3v) is 4.83. The summed E-state index contributed by atoms with van der Waals surface area (Å²) in [5.74, 6) is -1.77. The van der Waals surface area contributed by atoms with Crippen LogP contribution in [0.15, 0.2) is 18.2 Å². The Morgan fingerprint density at radius 2 is 1.95 bits per heavy atom. The molecule has 0 unspecified atom stereocenters. The van der Waals surface area contributed by atoms with Crippen LogP contribution < -0.4 is 4.72 Å². The van der Waals surface area contributed by atoms with Gasteiger partial charge in [-0.05, 0) is 37.5 Å². The van der Waals surface area contributed by atoms with Gasteiger partial charge in [-0.1, -0.05) is 13.0 Å². The van der Waals surface area contributed by atoms with E-state index >= 15 is 0 Å². The highest BCUT2D eigenvalue weighted by Gasteiger charge is 2.18. The van der Waals surface area contributed by atoms with Gasteiger partial charge in [0.25, 0.3) is 10.2 Å². The van der Waals surface area contributed by atoms with Crippen molar-refractivity contribution in [2.24, 2.45) is 0 Å². The van der Waals surface area contributed by atoms with Gasteiger partial charge in [0.1, 0.15) is 0 Å². The third-order valence-electron chi connectivity index (χ3n) is 3.06. The molecule has 4 nitrogen and oxygen atoms in total. The maximum absolute atomic E-state index is 13.0. The van der Waals surface area contributed by atoms with Crippen LogP contribution >= 0.6 is 0 Å². The SMILES string of the molecule is CCN(C)S(=O)(=O)N[C@H](C)CCc1ccc(F)c(F)c1. The van der Waals surface area contributed by atoms with Crippen molar-refractivity contribution in [3.8, 4) is 0 Å². The van der Waals surface area contributed by atoms with Crippen LogP contribution in [0.25, 0.3) is 0 Å². The fourth-order valence-electron chi connectivity index (χ4n) is 1.65. The van der Waals surface area contributed by atoms with Crippen molar-refractivity contribution in [2.75, 3.05) is 13.6 Å². The number of halogens is 2. The van der Waals surface area contributed by atoms with E-state index in [1.54, 1.807) is 13.8 Å². The van der Waals surface area contributed by atoms with Gasteiger partial charge in [0.2, 0.25) is 0 Å². The average molecular weight is 306 g/mol. The number of hydrogen-bond donors (Lipinski definition) is 1. The molecule has 0 aliphatic heterocycles. The van der Waals surface area contributed by atoms with E-state index < -0.39 is 21.8 Å². The van der Waals surface area contributed by atoms with Crippen molar-refractivity contribution in [1.29, 1.82) is 0 Å². The Kier molecular flexibility index (Phi) is 6.04. The van der Waals surface area contributed by atoms with Gasteiger partial charge in [-0.25, -0.2) is 8.78 Å². The van der Waals surface area contributed by atoms with E-state index in [1.807, 2.05) is 0 Å². The fraction of sp³-hybridized carbons (Fsp3) is 0.538. The molecule has 0 radical (unpaired) electrons. The molecule has 0 aliphatic carbocycles. The summed E-state index contributed by atoms with van der Waals surface area (Å²) in [7, 11) is -1.99. The number of benzene rings is 1. The molecule has 1 N–H and O–H groups in total. The Hall–Kier alpha value is -1.05. The van der Waals surface area contributed by atoms with E-state index in [-0.39, 0.29) is 6.04 Å². The van der Waals surface area contributed by atoms with Gasteiger partial charge in [0, 0.05) is 19.6 Å². The zero-order chi connectivity index (χ0) is 15.3. The Morgan fingerprint density at radius 1 is 1.30 bits per heavy atom. The molecule has 0 amide bonds. The number of rotatable bonds is 7. The first-order valence-corrected chi connectivity index (χ1v) is 7.87. The van der Waals surface area contributed by atoms with E-state index in [0.29, 0.717) is 24.9 Å². The monoisotopic (exact) mass is 306 g/mol. The highest BCUT2D eigenvalue weighted by atomic mass is 32.2. The molecule has 0 fully saturated rings. The predicted molar refractivity (Wildman–Crippen MR) is 74.5 cm³/mol. The van der Waals surface area contributed by atoms with Crippen molar-refractivity contribution in [1.82, 2.24) is 9.03 Å². The standard InChI is InChI=1S/C13H20F2N2O2S/c1-4-17(3)20(18,19)16-10(2)5-6-11-7-8-12(14)13(15)9-11/h7-10,16H,4-6H2,1-3H3/t10-/m1/s1. The van der Waals surface area contributed by atoms with E-state index in [4.69, 9.17) is 0 Å². The minimum Gasteiger partial charge on any atom is -0.204 e. The number of nitrogens with one attached hydrogen (secondary N) is 1. The molecule has 1 aromatic rings. The van der Waals surface area contributed by atoms with Crippen molar-refractivity contribution in [2.45, 2.75) is 32.7 Å². The molecular formula is C13H20F2N2O2S. The maximum Gasteiger partial charge on any atom is 0.279 e. The molecule has 0 aliphatic rings. The van der Waals surface area contributed by atoms with Crippen LogP contribution in [0.2, 0.25) is 0 Å². The zero-order valence-electron chi connectivity index (χ0n) is 11.9. The number of nitrogens with zero attached hydrogens (tertiary/aromatic N) is 1. The molecule has 7 heteroatoms. The van der Waals surface area contributed by atoms with Crippen LogP contribution in [0.5, 0.6) is 0 Å². The Bertz CT molecular complexity index is 549. The molecular weight excluding hydrogens is 286 g/mol. The molecule has 0 spiro atoms. The van der Waals surface area contributed by atoms with Crippen LogP contribution in [0.1, 0.15) is 25.8 Å². The van der Waals surface area contributed by atoms with Crippen molar-refractivity contribution in [3.05, 3.63) is 35.4 Å². The molecule has 20 heavy (non-hydrogen) atoms. The van der Waals surface area contributed by atoms with Crippen LogP contribution in [0.3, 0.4) is 0 Å². The number of aryl methyl sites for hydroxylation is 1. The second-order valence-corrected chi connectivity index (χ2v) is 6.53. The predicted octanol–water partition coefficient (Wildman–Crippen LogP) is 2.07. The van der Waals surface area contributed by atoms with E-state index in [0.717, 1.165) is 12.1 Å². The number of hydrogen-bond acceptors (Lipinski definition) is 2. The Balaban J connectivity index is 2.55. The lowest BCUT2D eigenvalue weighted by Crippen LogP contribution is -2.42. The summed E-state index contributed by atoms with van der Waals surface area (Å²) >= 11 is 0. The summed E-state index contributed by atoms with van der Waals surface area (Å²) in [5.41, 5.74) is 0.638. The highest BCUT2D eigenvalue weighted by Crippen LogP contribution is 2.11. The van der Waals surface area contributed by atoms with Crippen molar-refractivity contribution >= 4 is 10.2 Å². The zero-order valence-corrected chi connectivity index (χ0v) is 12.7. The largest absolute Gasteiger partial charge is 0.279 e. The summed E-state index contributed by atoms with van der Waals surface area (Å²) in [5, 5.41) is 0. The third kappa shape index (κ3) is 4.81. The lowest BCUT2D eigenvalue weighted by atomic mass is 10.1. The average Bonchev–Trinajstić information content (AvgIpc) is 2.38. The molecule has 1 atom stereocenters. The molecule has 0 bridgehead atoms. The first-order valence-electron chi connectivity index (χ1n) is 6.43. The van der Waals surface area contributed by atoms with Crippen molar-refractivity contribution in [3.63, 3.8) is 0 Å². The molecule has 0 aromatic heterocycles. The van der Waals surface area contributed by atoms with Gasteiger partial charge in [-0.3, -0.25) is 0 Å². The quantitative estimate of drug-likeness (QED) is 0.838. The van der Waals surface area contributed by atoms with E-state index in [9.17, 15) is 17.2 Å². The summed E-state index contributed by atoms with van der Waals surface area (Å²) < 4.78 is 53.1. The van der Waals surface area contributed by atoms with Crippen LogP contribution in [0.4, 0.5) is 8.78 Å². The van der Waals surface area contributed by atoms with E-state index in [2.05, 4.69) is 4.72 Å². The van der Waals surface area contributed by atoms with Gasteiger partial charge in [-0.2, -0.15) is 17.4 Å². The van der Waals surface area contributed by atoms with Crippen LogP contribution in [0, 0.1) is 11.6 Å². The maximum atomic E-state index is 13.0. The van der Waals surface area contributed by atoms with Gasteiger partial charge in [0.05, 0.1) is 0 Å². The fourth-order valence-corrected chi connectivity index (χ4v) is 2.80. The minimum atomic E-state index is -3.48. The molecule has 0 heterocycles. The Morgan fingerprint density at radius 3 is 2.50 bits per heavy atom. The van der Waals surface area contributed by atoms with E-state index in [1.165, 1.54) is 17.4 Å². The van der Waals surface area contributed by atoms with Crippen LogP contribution in [-0.2, 0) is 16.6 Å². The molecule has 0 saturated carbocycles. The smallest absolute Gasteiger partial charge is 0.204 e. The summed E-state index contributed by atoms with van der Waals surface area (Å²) in [6.07, 6.45) is 0.971. The van der Waals surface area contributed by atoms with Gasteiger partial charge in [-0.15, -0.1) is 0 Å². The first kappa shape index (κ1) is 17.0. The lowest BCUT2D eigenvalue weighted by Gasteiger charge is -2.19. The lowest BCUT2D eigenvalue weighted by molar-refractivity contribution is 0.458. The van der Waals surface area contributed by atoms with Crippen molar-refractivity contribution < 1.29 is 17.2 Å². The van der Waals surface area contributed by atoms with Gasteiger partial charge >= 0.3 is 0 Å². The summed E-state index contributed by atoms with van der Waals surface area (Å²) in [6.45, 7) is 3.86. The second-order valence-electron chi connectivity index (χ2n) is 4.73. The second kappa shape index (κ2) is 7.10. The van der Waals surface area contributed by atoms with Crippen LogP contribution in [-0.4, -0.2) is 32.4 Å². The normalized spacial score (nSPS) is 13.7. The van der Waals surface area contributed by atoms with Gasteiger partial charge < -0.3 is 0 Å². The molecule has 1 rings (SSSR count). The Labute approximate surface area is 119 Å². The van der Waals surface area contributed by atoms with Gasteiger partial charge in [0.15, 0.2) is 11.6 Å². The highest BCUT2D eigenvalue weighted by molar-refractivity contribution is 7.87. The molecule has 1 aromatic carbocycles. The summed E-state index contributed by atoms with van der Waals surface area (Å²) in [6, 6.07) is 3.42. The molecule has 0 saturated heterocycles.